The van der Waals surface area contributed by atoms with Crippen LogP contribution in [0, 0.1) is 11.3 Å². The van der Waals surface area contributed by atoms with E-state index < -0.39 is 11.9 Å². The number of carbonyl (C=O) groups is 2. The first-order chi connectivity index (χ1) is 15.4. The third kappa shape index (κ3) is 4.72. The monoisotopic (exact) mass is 446 g/mol. The largest absolute Gasteiger partial charge is 0.481 e. The Morgan fingerprint density at radius 2 is 1.84 bits per heavy atom. The first-order valence-electron chi connectivity index (χ1n) is 9.44. The van der Waals surface area contributed by atoms with Gasteiger partial charge in [0, 0.05) is 11.1 Å². The topological polar surface area (TPSA) is 113 Å². The van der Waals surface area contributed by atoms with E-state index in [1.807, 2.05) is 6.07 Å². The van der Waals surface area contributed by atoms with Crippen LogP contribution in [0.5, 0.6) is 11.5 Å². The lowest BCUT2D eigenvalue weighted by Gasteiger charge is -2.10. The number of rotatable bonds is 6. The zero-order valence-electron chi connectivity index (χ0n) is 16.5. The molecule has 7 nitrogen and oxygen atoms in total. The van der Waals surface area contributed by atoms with Gasteiger partial charge in [0.25, 0.3) is 5.91 Å². The van der Waals surface area contributed by atoms with Gasteiger partial charge in [-0.15, -0.1) is 0 Å². The molecule has 32 heavy (non-hydrogen) atoms. The molecule has 2 N–H and O–H groups in total. The van der Waals surface area contributed by atoms with Crippen LogP contribution in [-0.4, -0.2) is 17.0 Å². The molecule has 4 rings (SSSR count). The van der Waals surface area contributed by atoms with Gasteiger partial charge in [0.05, 0.1) is 23.1 Å². The second-order valence-corrected chi connectivity index (χ2v) is 7.30. The maximum atomic E-state index is 12.5. The summed E-state index contributed by atoms with van der Waals surface area (Å²) in [5.41, 5.74) is 2.10. The average Bonchev–Trinajstić information content (AvgIpc) is 3.20. The SMILES string of the molecule is N#Cc1ccc2oc(C(=O)Nc3ccc(Oc4ccc(CC(=O)O)cc4Cl)cc3)cc2c1. The highest BCUT2D eigenvalue weighted by atomic mass is 35.5. The summed E-state index contributed by atoms with van der Waals surface area (Å²) in [7, 11) is 0. The summed E-state index contributed by atoms with van der Waals surface area (Å²) in [6, 6.07) is 20.0. The maximum Gasteiger partial charge on any atom is 0.307 e. The summed E-state index contributed by atoms with van der Waals surface area (Å²) >= 11 is 6.18. The molecule has 0 aliphatic heterocycles. The Kier molecular flexibility index (Phi) is 5.79. The number of carbonyl (C=O) groups excluding carboxylic acids is 1. The molecule has 1 heterocycles. The smallest absolute Gasteiger partial charge is 0.307 e. The molecule has 0 aliphatic rings. The Labute approximate surface area is 187 Å². The van der Waals surface area contributed by atoms with Crippen LogP contribution in [0.2, 0.25) is 5.02 Å². The molecular weight excluding hydrogens is 432 g/mol. The normalized spacial score (nSPS) is 10.5. The van der Waals surface area contributed by atoms with E-state index in [0.717, 1.165) is 0 Å². The van der Waals surface area contributed by atoms with Gasteiger partial charge in [0.15, 0.2) is 5.76 Å². The molecule has 3 aromatic carbocycles. The number of carboxylic acid groups (broad SMARTS) is 1. The number of nitriles is 1. The van der Waals surface area contributed by atoms with Gasteiger partial charge in [-0.25, -0.2) is 0 Å². The van der Waals surface area contributed by atoms with Crippen molar-refractivity contribution in [2.75, 3.05) is 5.32 Å². The van der Waals surface area contributed by atoms with Crippen molar-refractivity contribution < 1.29 is 23.8 Å². The molecule has 8 heteroatoms. The summed E-state index contributed by atoms with van der Waals surface area (Å²) in [6.07, 6.45) is -0.126. The van der Waals surface area contributed by atoms with Gasteiger partial charge in [-0.3, -0.25) is 9.59 Å². The molecule has 0 spiro atoms. The van der Waals surface area contributed by atoms with Gasteiger partial charge in [-0.1, -0.05) is 17.7 Å². The van der Waals surface area contributed by atoms with Crippen molar-refractivity contribution >= 4 is 40.1 Å². The third-order valence-electron chi connectivity index (χ3n) is 4.56. The van der Waals surface area contributed by atoms with Crippen LogP contribution in [0.25, 0.3) is 11.0 Å². The second kappa shape index (κ2) is 8.84. The average molecular weight is 447 g/mol. The zero-order chi connectivity index (χ0) is 22.7. The fraction of sp³-hybridized carbons (Fsp3) is 0.0417. The number of amides is 1. The predicted molar refractivity (Wildman–Crippen MR) is 118 cm³/mol. The quantitative estimate of drug-likeness (QED) is 0.397. The first-order valence-corrected chi connectivity index (χ1v) is 9.82. The Morgan fingerprint density at radius 1 is 1.06 bits per heavy atom. The number of nitrogens with one attached hydrogen (secondary N) is 1. The zero-order valence-corrected chi connectivity index (χ0v) is 17.2. The minimum Gasteiger partial charge on any atom is -0.481 e. The molecule has 0 radical (unpaired) electrons. The van der Waals surface area contributed by atoms with Gasteiger partial charge >= 0.3 is 5.97 Å². The summed E-state index contributed by atoms with van der Waals surface area (Å²) in [6.45, 7) is 0. The van der Waals surface area contributed by atoms with E-state index in [1.165, 1.54) is 0 Å². The van der Waals surface area contributed by atoms with Crippen molar-refractivity contribution in [3.05, 3.63) is 88.6 Å². The van der Waals surface area contributed by atoms with Crippen molar-refractivity contribution in [1.29, 1.82) is 5.26 Å². The third-order valence-corrected chi connectivity index (χ3v) is 4.86. The van der Waals surface area contributed by atoms with Crippen LogP contribution in [0.15, 0.2) is 71.1 Å². The number of nitrogens with zero attached hydrogens (tertiary/aromatic N) is 1. The van der Waals surface area contributed by atoms with E-state index in [9.17, 15) is 9.59 Å². The molecule has 0 aliphatic carbocycles. The number of hydrogen-bond donors (Lipinski definition) is 2. The molecule has 0 atom stereocenters. The number of anilines is 1. The Balaban J connectivity index is 1.43. The highest BCUT2D eigenvalue weighted by molar-refractivity contribution is 6.32. The Bertz CT molecular complexity index is 1370. The van der Waals surface area contributed by atoms with Crippen LogP contribution >= 0.6 is 11.6 Å². The van der Waals surface area contributed by atoms with Crippen molar-refractivity contribution in [3.8, 4) is 17.6 Å². The van der Waals surface area contributed by atoms with Crippen molar-refractivity contribution in [3.63, 3.8) is 0 Å². The van der Waals surface area contributed by atoms with E-state index in [4.69, 9.17) is 31.1 Å². The van der Waals surface area contributed by atoms with Crippen LogP contribution in [0.4, 0.5) is 5.69 Å². The number of ether oxygens (including phenoxy) is 1. The van der Waals surface area contributed by atoms with E-state index in [-0.39, 0.29) is 12.2 Å². The van der Waals surface area contributed by atoms with Gasteiger partial charge in [-0.2, -0.15) is 5.26 Å². The molecule has 1 amide bonds. The Hall–Kier alpha value is -4.28. The maximum absolute atomic E-state index is 12.5. The molecule has 0 saturated carbocycles. The van der Waals surface area contributed by atoms with Crippen LogP contribution < -0.4 is 10.1 Å². The first kappa shape index (κ1) is 21.0. The Morgan fingerprint density at radius 3 is 2.53 bits per heavy atom. The lowest BCUT2D eigenvalue weighted by Crippen LogP contribution is -2.10. The summed E-state index contributed by atoms with van der Waals surface area (Å²) in [5.74, 6) is -0.365. The highest BCUT2D eigenvalue weighted by Gasteiger charge is 2.13. The van der Waals surface area contributed by atoms with Gasteiger partial charge in [0.2, 0.25) is 0 Å². The predicted octanol–water partition coefficient (Wildman–Crippen LogP) is 5.63. The van der Waals surface area contributed by atoms with E-state index in [0.29, 0.717) is 44.3 Å². The molecule has 0 bridgehead atoms. The van der Waals surface area contributed by atoms with Crippen molar-refractivity contribution in [1.82, 2.24) is 0 Å². The van der Waals surface area contributed by atoms with Gasteiger partial charge < -0.3 is 19.6 Å². The lowest BCUT2D eigenvalue weighted by molar-refractivity contribution is -0.136. The number of halogens is 1. The second-order valence-electron chi connectivity index (χ2n) is 6.89. The molecule has 0 unspecified atom stereocenters. The fourth-order valence-electron chi connectivity index (χ4n) is 3.06. The number of aliphatic carboxylic acids is 1. The highest BCUT2D eigenvalue weighted by Crippen LogP contribution is 2.31. The molecule has 1 aromatic heterocycles. The van der Waals surface area contributed by atoms with E-state index >= 15 is 0 Å². The molecule has 158 valence electrons. The minimum atomic E-state index is -0.943. The number of carboxylic acids is 1. The van der Waals surface area contributed by atoms with E-state index in [1.54, 1.807) is 66.7 Å². The molecule has 0 saturated heterocycles. The van der Waals surface area contributed by atoms with Gasteiger partial charge in [0.1, 0.15) is 17.1 Å². The van der Waals surface area contributed by atoms with Crippen LogP contribution in [0.3, 0.4) is 0 Å². The molecule has 4 aromatic rings. The molecule has 0 fully saturated rings. The van der Waals surface area contributed by atoms with E-state index in [2.05, 4.69) is 5.32 Å². The van der Waals surface area contributed by atoms with Gasteiger partial charge in [-0.05, 0) is 66.2 Å². The standard InChI is InChI=1S/C24H15ClN2O5/c25-19-10-14(11-23(28)29)1-8-21(19)31-18-5-3-17(4-6-18)27-24(30)22-12-16-9-15(13-26)2-7-20(16)32-22/h1-10,12H,11H2,(H,27,30)(H,28,29). The van der Waals surface area contributed by atoms with Crippen molar-refractivity contribution in [2.45, 2.75) is 6.42 Å². The number of benzene rings is 3. The number of furan rings is 1. The summed E-state index contributed by atoms with van der Waals surface area (Å²) in [4.78, 5) is 23.3. The lowest BCUT2D eigenvalue weighted by atomic mass is 10.1. The minimum absolute atomic E-state index is 0.126. The summed E-state index contributed by atoms with van der Waals surface area (Å²) < 4.78 is 11.3. The molecular formula is C24H15ClN2O5. The van der Waals surface area contributed by atoms with Crippen LogP contribution in [0.1, 0.15) is 21.7 Å². The number of hydrogen-bond acceptors (Lipinski definition) is 5. The van der Waals surface area contributed by atoms with Crippen LogP contribution in [-0.2, 0) is 11.2 Å². The number of fused-ring (bicyclic) bond motifs is 1. The van der Waals surface area contributed by atoms with Crippen molar-refractivity contribution in [2.24, 2.45) is 0 Å². The summed E-state index contributed by atoms with van der Waals surface area (Å²) in [5, 5.41) is 21.6. The fourth-order valence-corrected chi connectivity index (χ4v) is 3.30.